The van der Waals surface area contributed by atoms with Crippen molar-refractivity contribution in [3.05, 3.63) is 29.3 Å². The van der Waals surface area contributed by atoms with Gasteiger partial charge in [0.05, 0.1) is 12.7 Å². The number of benzene rings is 1. The highest BCUT2D eigenvalue weighted by atomic mass is 35.5. The normalized spacial score (nSPS) is 16.0. The fourth-order valence-electron chi connectivity index (χ4n) is 3.29. The van der Waals surface area contributed by atoms with Crippen LogP contribution in [0.5, 0.6) is 0 Å². The van der Waals surface area contributed by atoms with E-state index in [1.165, 1.54) is 13.5 Å². The van der Waals surface area contributed by atoms with Crippen LogP contribution in [0.4, 0.5) is 5.69 Å². The lowest BCUT2D eigenvalue weighted by Gasteiger charge is -2.35. The maximum atomic E-state index is 12.5. The second kappa shape index (κ2) is 9.04. The third kappa shape index (κ3) is 4.95. The summed E-state index contributed by atoms with van der Waals surface area (Å²) in [6, 6.07) is 5.16. The van der Waals surface area contributed by atoms with Crippen LogP contribution in [0.1, 0.15) is 54.4 Å². The summed E-state index contributed by atoms with van der Waals surface area (Å²) >= 11 is 0. The van der Waals surface area contributed by atoms with Crippen LogP contribution < -0.4 is 11.1 Å². The Hall–Kier alpha value is -1.59. The number of methoxy groups -OCH3 is 1. The molecule has 2 rings (SSSR count). The Balaban J connectivity index is 0.00000288. The minimum atomic E-state index is -0.411. The second-order valence-corrected chi connectivity index (χ2v) is 6.51. The van der Waals surface area contributed by atoms with Crippen LogP contribution in [-0.2, 0) is 9.53 Å². The fraction of sp³-hybridized carbons (Fsp3) is 0.556. The van der Waals surface area contributed by atoms with Gasteiger partial charge in [0.15, 0.2) is 0 Å². The van der Waals surface area contributed by atoms with Crippen molar-refractivity contribution >= 4 is 30.0 Å². The molecule has 1 aliphatic rings. The predicted octanol–water partition coefficient (Wildman–Crippen LogP) is 3.44. The molecule has 5 nitrogen and oxygen atoms in total. The molecule has 0 atom stereocenters. The highest BCUT2D eigenvalue weighted by Crippen LogP contribution is 2.38. The van der Waals surface area contributed by atoms with E-state index in [9.17, 15) is 9.59 Å². The van der Waals surface area contributed by atoms with E-state index >= 15 is 0 Å². The molecule has 0 unspecified atom stereocenters. The van der Waals surface area contributed by atoms with Crippen LogP contribution in [0.3, 0.4) is 0 Å². The van der Waals surface area contributed by atoms with Crippen molar-refractivity contribution in [1.82, 2.24) is 0 Å². The molecular weight excluding hydrogens is 328 g/mol. The average molecular weight is 355 g/mol. The van der Waals surface area contributed by atoms with Crippen molar-refractivity contribution in [2.45, 2.75) is 45.4 Å². The number of amides is 1. The number of nitrogens with two attached hydrogens (primary N) is 1. The highest BCUT2D eigenvalue weighted by molar-refractivity contribution is 5.95. The number of anilines is 1. The molecule has 1 aliphatic carbocycles. The van der Waals surface area contributed by atoms with E-state index in [0.717, 1.165) is 31.2 Å². The smallest absolute Gasteiger partial charge is 0.337 e. The summed E-state index contributed by atoms with van der Waals surface area (Å²) in [6.45, 7) is 2.44. The van der Waals surface area contributed by atoms with Crippen molar-refractivity contribution in [1.29, 1.82) is 0 Å². The first kappa shape index (κ1) is 20.5. The van der Waals surface area contributed by atoms with Gasteiger partial charge in [0.1, 0.15) is 0 Å². The first-order chi connectivity index (χ1) is 11.0. The number of carbonyl (C=O) groups excluding carboxylic acids is 2. The van der Waals surface area contributed by atoms with E-state index in [4.69, 9.17) is 10.5 Å². The lowest BCUT2D eigenvalue weighted by molar-refractivity contribution is -0.118. The Bertz CT molecular complexity index is 584. The highest BCUT2D eigenvalue weighted by Gasteiger charge is 2.33. The lowest BCUT2D eigenvalue weighted by Crippen LogP contribution is -2.36. The standard InChI is InChI=1S/C18H26N2O3.ClH/c1-13-6-7-14(17(22)23-2)10-15(13)20-16(21)11-18(12-19)8-4-3-5-9-18;/h6-7,10H,3-5,8-9,11-12,19H2,1-2H3,(H,20,21);1H. The minimum absolute atomic E-state index is 0. The summed E-state index contributed by atoms with van der Waals surface area (Å²) in [5.74, 6) is -0.450. The Labute approximate surface area is 149 Å². The lowest BCUT2D eigenvalue weighted by atomic mass is 9.71. The zero-order valence-electron chi connectivity index (χ0n) is 14.4. The summed E-state index contributed by atoms with van der Waals surface area (Å²) in [4.78, 5) is 24.1. The number of esters is 1. The van der Waals surface area contributed by atoms with Gasteiger partial charge in [0.2, 0.25) is 5.91 Å². The molecule has 1 saturated carbocycles. The summed E-state index contributed by atoms with van der Waals surface area (Å²) < 4.78 is 4.72. The zero-order valence-corrected chi connectivity index (χ0v) is 15.2. The number of aryl methyl sites for hydroxylation is 1. The third-order valence-corrected chi connectivity index (χ3v) is 4.82. The molecule has 0 aliphatic heterocycles. The van der Waals surface area contributed by atoms with Crippen LogP contribution in [0.25, 0.3) is 0 Å². The molecule has 0 heterocycles. The molecule has 1 aromatic rings. The molecule has 1 fully saturated rings. The van der Waals surface area contributed by atoms with Gasteiger partial charge in [-0.05, 0) is 49.4 Å². The number of carbonyl (C=O) groups is 2. The van der Waals surface area contributed by atoms with Gasteiger partial charge in [-0.15, -0.1) is 12.4 Å². The molecule has 0 radical (unpaired) electrons. The Morgan fingerprint density at radius 1 is 1.25 bits per heavy atom. The first-order valence-corrected chi connectivity index (χ1v) is 8.18. The van der Waals surface area contributed by atoms with Gasteiger partial charge in [-0.25, -0.2) is 4.79 Å². The maximum Gasteiger partial charge on any atom is 0.337 e. The second-order valence-electron chi connectivity index (χ2n) is 6.51. The van der Waals surface area contributed by atoms with Crippen molar-refractivity contribution in [3.63, 3.8) is 0 Å². The van der Waals surface area contributed by atoms with E-state index in [1.54, 1.807) is 18.2 Å². The predicted molar refractivity (Wildman–Crippen MR) is 97.6 cm³/mol. The Morgan fingerprint density at radius 2 is 1.92 bits per heavy atom. The summed E-state index contributed by atoms with van der Waals surface area (Å²) in [7, 11) is 1.34. The van der Waals surface area contributed by atoms with Crippen LogP contribution in [0.15, 0.2) is 18.2 Å². The largest absolute Gasteiger partial charge is 0.465 e. The molecule has 6 heteroatoms. The number of ether oxygens (including phenoxy) is 1. The fourth-order valence-corrected chi connectivity index (χ4v) is 3.29. The molecule has 0 bridgehead atoms. The average Bonchev–Trinajstić information content (AvgIpc) is 2.57. The monoisotopic (exact) mass is 354 g/mol. The third-order valence-electron chi connectivity index (χ3n) is 4.82. The van der Waals surface area contributed by atoms with Crippen LogP contribution in [0, 0.1) is 12.3 Å². The SMILES string of the molecule is COC(=O)c1ccc(C)c(NC(=O)CC2(CN)CCCCC2)c1.Cl. The number of hydrogen-bond acceptors (Lipinski definition) is 4. The molecule has 134 valence electrons. The summed E-state index contributed by atoms with van der Waals surface area (Å²) in [6.07, 6.45) is 5.97. The van der Waals surface area contributed by atoms with Gasteiger partial charge in [0, 0.05) is 12.1 Å². The van der Waals surface area contributed by atoms with Crippen molar-refractivity contribution < 1.29 is 14.3 Å². The summed E-state index contributed by atoms with van der Waals surface area (Å²) in [5.41, 5.74) is 7.87. The van der Waals surface area contributed by atoms with E-state index in [-0.39, 0.29) is 23.7 Å². The van der Waals surface area contributed by atoms with Crippen LogP contribution >= 0.6 is 12.4 Å². The number of hydrogen-bond donors (Lipinski definition) is 2. The van der Waals surface area contributed by atoms with Crippen LogP contribution in [0.2, 0.25) is 0 Å². The Morgan fingerprint density at radius 3 is 2.50 bits per heavy atom. The van der Waals surface area contributed by atoms with Crippen molar-refractivity contribution in [2.75, 3.05) is 19.0 Å². The molecule has 0 saturated heterocycles. The van der Waals surface area contributed by atoms with Gasteiger partial charge >= 0.3 is 5.97 Å². The molecule has 0 spiro atoms. The first-order valence-electron chi connectivity index (χ1n) is 8.18. The minimum Gasteiger partial charge on any atom is -0.465 e. The molecular formula is C18H27ClN2O3. The number of nitrogens with one attached hydrogen (secondary N) is 1. The quantitative estimate of drug-likeness (QED) is 0.793. The topological polar surface area (TPSA) is 81.4 Å². The van der Waals surface area contributed by atoms with Gasteiger partial charge in [-0.1, -0.05) is 25.3 Å². The molecule has 0 aromatic heterocycles. The van der Waals surface area contributed by atoms with Crippen LogP contribution in [-0.4, -0.2) is 25.5 Å². The van der Waals surface area contributed by atoms with E-state index < -0.39 is 5.97 Å². The summed E-state index contributed by atoms with van der Waals surface area (Å²) in [5, 5.41) is 2.93. The van der Waals surface area contributed by atoms with E-state index in [0.29, 0.717) is 24.2 Å². The van der Waals surface area contributed by atoms with E-state index in [1.807, 2.05) is 6.92 Å². The zero-order chi connectivity index (χ0) is 16.9. The van der Waals surface area contributed by atoms with Gasteiger partial charge < -0.3 is 15.8 Å². The molecule has 1 amide bonds. The Kier molecular flexibility index (Phi) is 7.70. The van der Waals surface area contributed by atoms with Crippen molar-refractivity contribution in [3.8, 4) is 0 Å². The number of halogens is 1. The van der Waals surface area contributed by atoms with Gasteiger partial charge in [0.25, 0.3) is 0 Å². The maximum absolute atomic E-state index is 12.5. The van der Waals surface area contributed by atoms with Gasteiger partial charge in [-0.2, -0.15) is 0 Å². The molecule has 24 heavy (non-hydrogen) atoms. The van der Waals surface area contributed by atoms with Gasteiger partial charge in [-0.3, -0.25) is 4.79 Å². The number of rotatable bonds is 5. The molecule has 1 aromatic carbocycles. The van der Waals surface area contributed by atoms with Crippen molar-refractivity contribution in [2.24, 2.45) is 11.1 Å². The van der Waals surface area contributed by atoms with E-state index in [2.05, 4.69) is 5.32 Å². The molecule has 3 N–H and O–H groups in total.